The van der Waals surface area contributed by atoms with Gasteiger partial charge in [0.15, 0.2) is 0 Å². The molecular weight excluding hydrogens is 276 g/mol. The van der Waals surface area contributed by atoms with Gasteiger partial charge >= 0.3 is 6.03 Å². The van der Waals surface area contributed by atoms with Crippen molar-refractivity contribution in [3.8, 4) is 0 Å². The summed E-state index contributed by atoms with van der Waals surface area (Å²) < 4.78 is 0. The van der Waals surface area contributed by atoms with Crippen molar-refractivity contribution in [2.75, 3.05) is 6.54 Å². The molecule has 0 unspecified atom stereocenters. The molecule has 0 radical (unpaired) electrons. The van der Waals surface area contributed by atoms with Crippen molar-refractivity contribution in [3.63, 3.8) is 0 Å². The average Bonchev–Trinajstić information content (AvgIpc) is 2.44. The van der Waals surface area contributed by atoms with E-state index in [1.54, 1.807) is 0 Å². The number of urea groups is 1. The minimum Gasteiger partial charge on any atom is -0.393 e. The Kier molecular flexibility index (Phi) is 5.83. The molecule has 1 fully saturated rings. The van der Waals surface area contributed by atoms with Gasteiger partial charge in [-0.3, -0.25) is 0 Å². The lowest BCUT2D eigenvalue weighted by Crippen LogP contribution is -2.44. The maximum Gasteiger partial charge on any atom is 0.315 e. The van der Waals surface area contributed by atoms with Crippen LogP contribution in [0.1, 0.15) is 47.9 Å². The quantitative estimate of drug-likeness (QED) is 0.801. The highest BCUT2D eigenvalue weighted by Crippen LogP contribution is 2.18. The van der Waals surface area contributed by atoms with Crippen LogP contribution >= 0.6 is 0 Å². The Morgan fingerprint density at radius 3 is 2.32 bits per heavy atom. The number of carbonyl (C=O) groups excluding carboxylic acids is 1. The Bertz CT molecular complexity index is 497. The molecule has 3 N–H and O–H groups in total. The monoisotopic (exact) mass is 304 g/mol. The molecular formula is C18H28N2O2. The van der Waals surface area contributed by atoms with Crippen molar-refractivity contribution in [1.82, 2.24) is 10.6 Å². The zero-order valence-electron chi connectivity index (χ0n) is 13.9. The second kappa shape index (κ2) is 7.63. The van der Waals surface area contributed by atoms with E-state index in [4.69, 9.17) is 0 Å². The fourth-order valence-electron chi connectivity index (χ4n) is 3.36. The van der Waals surface area contributed by atoms with Gasteiger partial charge in [-0.15, -0.1) is 0 Å². The van der Waals surface area contributed by atoms with Gasteiger partial charge in [-0.1, -0.05) is 17.7 Å². The first-order chi connectivity index (χ1) is 10.5. The van der Waals surface area contributed by atoms with Crippen molar-refractivity contribution in [3.05, 3.63) is 34.4 Å². The fraction of sp³-hybridized carbons (Fsp3) is 0.611. The summed E-state index contributed by atoms with van der Waals surface area (Å²) in [5, 5.41) is 15.4. The van der Waals surface area contributed by atoms with E-state index < -0.39 is 0 Å². The predicted octanol–water partition coefficient (Wildman–Crippen LogP) is 2.76. The van der Waals surface area contributed by atoms with Crippen LogP contribution in [0.2, 0.25) is 0 Å². The van der Waals surface area contributed by atoms with E-state index in [1.807, 2.05) is 0 Å². The van der Waals surface area contributed by atoms with Crippen LogP contribution in [0.5, 0.6) is 0 Å². The second-order valence-corrected chi connectivity index (χ2v) is 6.53. The van der Waals surface area contributed by atoms with Crippen LogP contribution < -0.4 is 10.6 Å². The summed E-state index contributed by atoms with van der Waals surface area (Å²) in [6.07, 6.45) is 3.97. The Morgan fingerprint density at radius 1 is 1.14 bits per heavy atom. The normalized spacial score (nSPS) is 21.5. The van der Waals surface area contributed by atoms with E-state index in [0.717, 1.165) is 32.1 Å². The van der Waals surface area contributed by atoms with Crippen molar-refractivity contribution in [2.24, 2.45) is 0 Å². The molecule has 4 heteroatoms. The van der Waals surface area contributed by atoms with Crippen LogP contribution in [0.15, 0.2) is 12.1 Å². The molecule has 2 rings (SSSR count). The average molecular weight is 304 g/mol. The number of hydrogen-bond donors (Lipinski definition) is 3. The molecule has 0 atom stereocenters. The van der Waals surface area contributed by atoms with E-state index in [0.29, 0.717) is 6.54 Å². The van der Waals surface area contributed by atoms with Gasteiger partial charge in [-0.25, -0.2) is 4.79 Å². The van der Waals surface area contributed by atoms with E-state index in [2.05, 4.69) is 43.5 Å². The summed E-state index contributed by atoms with van der Waals surface area (Å²) in [6, 6.07) is 4.49. The van der Waals surface area contributed by atoms with Crippen LogP contribution in [0.4, 0.5) is 4.79 Å². The van der Waals surface area contributed by atoms with Gasteiger partial charge in [0, 0.05) is 12.6 Å². The molecule has 0 spiro atoms. The summed E-state index contributed by atoms with van der Waals surface area (Å²) in [6.45, 7) is 7.01. The van der Waals surface area contributed by atoms with Gasteiger partial charge in [0.2, 0.25) is 0 Å². The van der Waals surface area contributed by atoms with E-state index >= 15 is 0 Å². The Morgan fingerprint density at radius 2 is 1.73 bits per heavy atom. The third-order valence-electron chi connectivity index (χ3n) is 4.53. The molecule has 1 aromatic rings. The topological polar surface area (TPSA) is 61.4 Å². The number of aliphatic hydroxyl groups excluding tert-OH is 1. The summed E-state index contributed by atoms with van der Waals surface area (Å²) in [5.74, 6) is 0. The van der Waals surface area contributed by atoms with Crippen molar-refractivity contribution in [2.45, 2.75) is 65.0 Å². The zero-order valence-corrected chi connectivity index (χ0v) is 13.9. The smallest absolute Gasteiger partial charge is 0.315 e. The minimum absolute atomic E-state index is 0.0937. The first-order valence-corrected chi connectivity index (χ1v) is 8.25. The number of amides is 2. The van der Waals surface area contributed by atoms with E-state index in [-0.39, 0.29) is 18.2 Å². The zero-order chi connectivity index (χ0) is 16.1. The molecule has 22 heavy (non-hydrogen) atoms. The Labute approximate surface area is 133 Å². The molecule has 0 aliphatic heterocycles. The molecule has 1 aliphatic rings. The molecule has 2 amide bonds. The molecule has 0 bridgehead atoms. The van der Waals surface area contributed by atoms with E-state index in [9.17, 15) is 9.90 Å². The number of benzene rings is 1. The summed E-state index contributed by atoms with van der Waals surface area (Å²) in [5.41, 5.74) is 5.19. The second-order valence-electron chi connectivity index (χ2n) is 6.53. The highest BCUT2D eigenvalue weighted by Gasteiger charge is 2.20. The SMILES string of the molecule is Cc1cc(C)c(CCNC(=O)NC2CCC(O)CC2)c(C)c1. The summed E-state index contributed by atoms with van der Waals surface area (Å²) in [4.78, 5) is 11.9. The van der Waals surface area contributed by atoms with E-state index in [1.165, 1.54) is 22.3 Å². The van der Waals surface area contributed by atoms with Crippen molar-refractivity contribution < 1.29 is 9.90 Å². The molecule has 1 aromatic carbocycles. The highest BCUT2D eigenvalue weighted by atomic mass is 16.3. The standard InChI is InChI=1S/C18H28N2O2/c1-12-10-13(2)17(14(3)11-12)8-9-19-18(22)20-15-4-6-16(21)7-5-15/h10-11,15-16,21H,4-9H2,1-3H3,(H2,19,20,22). The molecule has 4 nitrogen and oxygen atoms in total. The molecule has 0 aromatic heterocycles. The number of aliphatic hydroxyl groups is 1. The number of carbonyl (C=O) groups is 1. The van der Waals surface area contributed by atoms with Gasteiger partial charge in [0.1, 0.15) is 0 Å². The number of hydrogen-bond acceptors (Lipinski definition) is 2. The molecule has 0 heterocycles. The molecule has 0 saturated heterocycles. The first kappa shape index (κ1) is 16.8. The van der Waals surface area contributed by atoms with Gasteiger partial charge < -0.3 is 15.7 Å². The van der Waals surface area contributed by atoms with Gasteiger partial charge in [-0.05, 0) is 69.6 Å². The molecule has 1 saturated carbocycles. The summed E-state index contributed by atoms with van der Waals surface area (Å²) in [7, 11) is 0. The third-order valence-corrected chi connectivity index (χ3v) is 4.53. The molecule has 122 valence electrons. The fourth-order valence-corrected chi connectivity index (χ4v) is 3.36. The van der Waals surface area contributed by atoms with Crippen LogP contribution in [0, 0.1) is 20.8 Å². The largest absolute Gasteiger partial charge is 0.393 e. The number of aryl methyl sites for hydroxylation is 3. The predicted molar refractivity (Wildman–Crippen MR) is 89.2 cm³/mol. The first-order valence-electron chi connectivity index (χ1n) is 8.25. The number of rotatable bonds is 4. The maximum atomic E-state index is 11.9. The van der Waals surface area contributed by atoms with Crippen LogP contribution in [-0.4, -0.2) is 29.8 Å². The maximum absolute atomic E-state index is 11.9. The van der Waals surface area contributed by atoms with Gasteiger partial charge in [0.25, 0.3) is 0 Å². The molecule has 1 aliphatic carbocycles. The lowest BCUT2D eigenvalue weighted by molar-refractivity contribution is 0.117. The third kappa shape index (κ3) is 4.73. The Balaban J connectivity index is 1.75. The van der Waals surface area contributed by atoms with Crippen LogP contribution in [-0.2, 0) is 6.42 Å². The summed E-state index contributed by atoms with van der Waals surface area (Å²) >= 11 is 0. The van der Waals surface area contributed by atoms with Crippen molar-refractivity contribution in [1.29, 1.82) is 0 Å². The highest BCUT2D eigenvalue weighted by molar-refractivity contribution is 5.74. The van der Waals surface area contributed by atoms with Crippen LogP contribution in [0.3, 0.4) is 0 Å². The Hall–Kier alpha value is -1.55. The number of nitrogens with one attached hydrogen (secondary N) is 2. The van der Waals surface area contributed by atoms with Crippen molar-refractivity contribution >= 4 is 6.03 Å². The van der Waals surface area contributed by atoms with Crippen LogP contribution in [0.25, 0.3) is 0 Å². The lowest BCUT2D eigenvalue weighted by Gasteiger charge is -2.26. The van der Waals surface area contributed by atoms with Gasteiger partial charge in [-0.2, -0.15) is 0 Å². The minimum atomic E-state index is -0.186. The lowest BCUT2D eigenvalue weighted by atomic mass is 9.93. The van der Waals surface area contributed by atoms with Gasteiger partial charge in [0.05, 0.1) is 6.10 Å².